The molecule has 0 aromatic carbocycles. The van der Waals surface area contributed by atoms with Gasteiger partial charge in [0, 0.05) is 20.2 Å². The van der Waals surface area contributed by atoms with Crippen LogP contribution in [0.1, 0.15) is 27.2 Å². The van der Waals surface area contributed by atoms with Crippen LogP contribution in [0, 0.1) is 11.3 Å². The Morgan fingerprint density at radius 2 is 2.06 bits per heavy atom. The van der Waals surface area contributed by atoms with Gasteiger partial charge in [-0.1, -0.05) is 20.8 Å². The monoisotopic (exact) mass is 259 g/mol. The fourth-order valence-corrected chi connectivity index (χ4v) is 2.42. The van der Waals surface area contributed by atoms with Gasteiger partial charge in [0.1, 0.15) is 0 Å². The first-order valence-electron chi connectivity index (χ1n) is 6.90. The first-order valence-corrected chi connectivity index (χ1v) is 6.90. The quantitative estimate of drug-likeness (QED) is 0.701. The van der Waals surface area contributed by atoms with Crippen LogP contribution in [0.2, 0.25) is 0 Å². The second-order valence-corrected chi connectivity index (χ2v) is 6.33. The van der Waals surface area contributed by atoms with E-state index < -0.39 is 0 Å². The van der Waals surface area contributed by atoms with E-state index in [9.17, 15) is 5.11 Å². The topological polar surface area (TPSA) is 41.9 Å². The Kier molecular flexibility index (Phi) is 6.57. The van der Waals surface area contributed by atoms with Crippen LogP contribution in [0.5, 0.6) is 0 Å². The highest BCUT2D eigenvalue weighted by atomic mass is 16.5. The molecule has 1 fully saturated rings. The molecule has 1 aliphatic rings. The highest BCUT2D eigenvalue weighted by Crippen LogP contribution is 2.33. The summed E-state index contributed by atoms with van der Waals surface area (Å²) in [5.74, 6) is 0.735. The fourth-order valence-electron chi connectivity index (χ4n) is 2.42. The fraction of sp³-hybridized carbons (Fsp3) is 1.00. The average Bonchev–Trinajstić information content (AvgIpc) is 2.72. The molecule has 108 valence electrons. The van der Waals surface area contributed by atoms with Gasteiger partial charge in [0.05, 0.1) is 25.9 Å². The lowest BCUT2D eigenvalue weighted by Gasteiger charge is -2.27. The van der Waals surface area contributed by atoms with Gasteiger partial charge in [-0.2, -0.15) is 0 Å². The second-order valence-electron chi connectivity index (χ2n) is 6.33. The summed E-state index contributed by atoms with van der Waals surface area (Å²) in [5, 5.41) is 9.89. The van der Waals surface area contributed by atoms with Gasteiger partial charge in [-0.25, -0.2) is 0 Å². The molecule has 0 aliphatic carbocycles. The maximum absolute atomic E-state index is 9.89. The number of hydrogen-bond acceptors (Lipinski definition) is 4. The zero-order valence-corrected chi connectivity index (χ0v) is 12.3. The van der Waals surface area contributed by atoms with Crippen molar-refractivity contribution in [3.05, 3.63) is 0 Å². The van der Waals surface area contributed by atoms with Gasteiger partial charge in [0.2, 0.25) is 0 Å². The van der Waals surface area contributed by atoms with Gasteiger partial charge in [-0.15, -0.1) is 0 Å². The minimum absolute atomic E-state index is 0.370. The normalized spacial score (nSPS) is 23.5. The predicted octanol–water partition coefficient (Wildman–Crippen LogP) is 1.38. The molecule has 1 heterocycles. The van der Waals surface area contributed by atoms with Gasteiger partial charge in [0.15, 0.2) is 0 Å². The largest absolute Gasteiger partial charge is 0.389 e. The van der Waals surface area contributed by atoms with E-state index in [0.29, 0.717) is 25.2 Å². The highest BCUT2D eigenvalue weighted by Gasteiger charge is 2.32. The Balaban J connectivity index is 2.16. The molecule has 4 heteroatoms. The van der Waals surface area contributed by atoms with Crippen LogP contribution in [-0.4, -0.2) is 62.7 Å². The Labute approximate surface area is 111 Å². The molecule has 1 rings (SSSR count). The van der Waals surface area contributed by atoms with Crippen LogP contribution < -0.4 is 0 Å². The van der Waals surface area contributed by atoms with Crippen LogP contribution in [0.4, 0.5) is 0 Å². The first kappa shape index (κ1) is 15.9. The summed E-state index contributed by atoms with van der Waals surface area (Å²) in [5.41, 5.74) is 0.370. The number of aliphatic hydroxyl groups is 1. The molecule has 0 aromatic heterocycles. The summed E-state index contributed by atoms with van der Waals surface area (Å²) in [4.78, 5) is 2.35. The molecule has 1 N–H and O–H groups in total. The van der Waals surface area contributed by atoms with Crippen LogP contribution in [0.15, 0.2) is 0 Å². The van der Waals surface area contributed by atoms with Crippen molar-refractivity contribution in [2.45, 2.75) is 33.3 Å². The van der Waals surface area contributed by atoms with Gasteiger partial charge >= 0.3 is 0 Å². The van der Waals surface area contributed by atoms with Crippen LogP contribution >= 0.6 is 0 Å². The van der Waals surface area contributed by atoms with Crippen molar-refractivity contribution in [1.29, 1.82) is 0 Å². The summed E-state index contributed by atoms with van der Waals surface area (Å²) in [6.45, 7) is 11.3. The van der Waals surface area contributed by atoms with Gasteiger partial charge < -0.3 is 19.5 Å². The van der Waals surface area contributed by atoms with Crippen LogP contribution in [-0.2, 0) is 9.47 Å². The molecule has 0 amide bonds. The van der Waals surface area contributed by atoms with E-state index in [-0.39, 0.29) is 6.10 Å². The molecule has 1 aliphatic heterocycles. The summed E-state index contributed by atoms with van der Waals surface area (Å²) in [6, 6.07) is 0. The smallest absolute Gasteiger partial charge is 0.0900 e. The van der Waals surface area contributed by atoms with E-state index in [1.165, 1.54) is 6.42 Å². The maximum Gasteiger partial charge on any atom is 0.0900 e. The minimum atomic E-state index is -0.388. The van der Waals surface area contributed by atoms with Crippen LogP contribution in [0.25, 0.3) is 0 Å². The van der Waals surface area contributed by atoms with E-state index in [2.05, 4.69) is 25.7 Å². The van der Waals surface area contributed by atoms with E-state index in [1.807, 2.05) is 0 Å². The number of nitrogens with zero attached hydrogens (tertiary/aromatic N) is 1. The van der Waals surface area contributed by atoms with E-state index in [1.54, 1.807) is 7.11 Å². The third-order valence-corrected chi connectivity index (χ3v) is 3.71. The molecule has 18 heavy (non-hydrogen) atoms. The lowest BCUT2D eigenvalue weighted by atomic mass is 9.80. The minimum Gasteiger partial charge on any atom is -0.389 e. The van der Waals surface area contributed by atoms with Crippen molar-refractivity contribution in [1.82, 2.24) is 4.90 Å². The van der Waals surface area contributed by atoms with Crippen molar-refractivity contribution in [3.8, 4) is 0 Å². The maximum atomic E-state index is 9.89. The number of hydrogen-bond donors (Lipinski definition) is 1. The Morgan fingerprint density at radius 1 is 1.33 bits per heavy atom. The summed E-state index contributed by atoms with van der Waals surface area (Å²) < 4.78 is 10.2. The van der Waals surface area contributed by atoms with E-state index in [0.717, 1.165) is 25.6 Å². The molecule has 2 atom stereocenters. The molecule has 2 unspecified atom stereocenters. The Morgan fingerprint density at radius 3 is 2.61 bits per heavy atom. The van der Waals surface area contributed by atoms with Crippen molar-refractivity contribution in [2.24, 2.45) is 11.3 Å². The summed E-state index contributed by atoms with van der Waals surface area (Å²) in [7, 11) is 1.65. The molecular weight excluding hydrogens is 230 g/mol. The van der Waals surface area contributed by atoms with Crippen molar-refractivity contribution in [3.63, 3.8) is 0 Å². The first-order chi connectivity index (χ1) is 8.43. The van der Waals surface area contributed by atoms with Crippen molar-refractivity contribution >= 4 is 0 Å². The summed E-state index contributed by atoms with van der Waals surface area (Å²) in [6.07, 6.45) is 0.849. The van der Waals surface area contributed by atoms with E-state index >= 15 is 0 Å². The molecule has 1 saturated heterocycles. The zero-order chi connectivity index (χ0) is 13.6. The molecule has 0 spiro atoms. The number of likely N-dealkylation sites (tertiary alicyclic amines) is 1. The molecule has 0 bridgehead atoms. The second kappa shape index (κ2) is 7.43. The molecule has 0 saturated carbocycles. The Hall–Kier alpha value is -0.160. The highest BCUT2D eigenvalue weighted by molar-refractivity contribution is 4.84. The van der Waals surface area contributed by atoms with Gasteiger partial charge in [-0.05, 0) is 24.3 Å². The third kappa shape index (κ3) is 5.65. The molecule has 0 aromatic rings. The molecular formula is C14H29NO3. The number of aliphatic hydroxyl groups excluding tert-OH is 1. The Bertz CT molecular complexity index is 228. The molecule has 0 radical (unpaired) electrons. The zero-order valence-electron chi connectivity index (χ0n) is 12.3. The number of β-amino-alcohol motifs (C(OH)–C–C–N with tert-alkyl or cyclic N) is 1. The number of methoxy groups -OCH3 is 1. The number of ether oxygens (including phenoxy) is 2. The van der Waals surface area contributed by atoms with Crippen molar-refractivity contribution in [2.75, 3.05) is 46.6 Å². The number of rotatable bonds is 7. The van der Waals surface area contributed by atoms with Crippen LogP contribution in [0.3, 0.4) is 0 Å². The van der Waals surface area contributed by atoms with E-state index in [4.69, 9.17) is 9.47 Å². The third-order valence-electron chi connectivity index (χ3n) is 3.71. The SMILES string of the molecule is COCCOCC(O)CN1CCC(C(C)(C)C)C1. The standard InChI is InChI=1S/C14H29NO3/c1-14(2,3)12-5-6-15(9-12)10-13(16)11-18-8-7-17-4/h12-13,16H,5-11H2,1-4H3. The van der Waals surface area contributed by atoms with Crippen molar-refractivity contribution < 1.29 is 14.6 Å². The van der Waals surface area contributed by atoms with Gasteiger partial charge in [-0.3, -0.25) is 0 Å². The average molecular weight is 259 g/mol. The lowest BCUT2D eigenvalue weighted by Crippen LogP contribution is -2.34. The van der Waals surface area contributed by atoms with Gasteiger partial charge in [0.25, 0.3) is 0 Å². The predicted molar refractivity (Wildman–Crippen MR) is 72.7 cm³/mol. The lowest BCUT2D eigenvalue weighted by molar-refractivity contribution is 0.00122. The molecule has 4 nitrogen and oxygen atoms in total. The summed E-state index contributed by atoms with van der Waals surface area (Å²) >= 11 is 0.